The normalized spacial score (nSPS) is 10.7. The summed E-state index contributed by atoms with van der Waals surface area (Å²) in [6.45, 7) is 1.72. The van der Waals surface area contributed by atoms with Crippen LogP contribution in [0.15, 0.2) is 56.7 Å². The maximum absolute atomic E-state index is 12.3. The number of ether oxygens (including phenoxy) is 2. The van der Waals surface area contributed by atoms with Crippen LogP contribution in [0.3, 0.4) is 0 Å². The van der Waals surface area contributed by atoms with Gasteiger partial charge in [-0.25, -0.2) is 19.6 Å². The number of fused-ring (bicyclic) bond motifs is 1. The molecule has 3 rings (SSSR count). The van der Waals surface area contributed by atoms with E-state index in [0.717, 1.165) is 0 Å². The van der Waals surface area contributed by atoms with Crippen LogP contribution in [0.25, 0.3) is 22.4 Å². The Balaban J connectivity index is 1.67. The summed E-state index contributed by atoms with van der Waals surface area (Å²) in [6, 6.07) is 11.1. The summed E-state index contributed by atoms with van der Waals surface area (Å²) in [5.41, 5.74) is 12.3. The van der Waals surface area contributed by atoms with E-state index in [9.17, 15) is 9.59 Å². The molecule has 2 amide bonds. The molecule has 0 aliphatic carbocycles. The third-order valence-electron chi connectivity index (χ3n) is 4.22. The van der Waals surface area contributed by atoms with Gasteiger partial charge in [0, 0.05) is 24.9 Å². The molecule has 32 heavy (non-hydrogen) atoms. The lowest BCUT2D eigenvalue weighted by atomic mass is 10.2. The SMILES string of the molecule is COCCOCCNC(=O)Nc1ccc(-c2nc3cc(N=C(N)N)ccc3c(=O)o2)cc1. The van der Waals surface area contributed by atoms with E-state index in [1.54, 1.807) is 49.6 Å². The van der Waals surface area contributed by atoms with Crippen molar-refractivity contribution >= 4 is 34.3 Å². The number of carbonyl (C=O) groups excluding carboxylic acids is 1. The fraction of sp³-hybridized carbons (Fsp3) is 0.238. The monoisotopic (exact) mass is 440 g/mol. The number of aliphatic imine (C=N–C) groups is 1. The molecule has 0 saturated carbocycles. The van der Waals surface area contributed by atoms with Gasteiger partial charge in [0.1, 0.15) is 0 Å². The number of guanidine groups is 1. The van der Waals surface area contributed by atoms with Gasteiger partial charge in [0.15, 0.2) is 5.96 Å². The Morgan fingerprint density at radius 1 is 1.12 bits per heavy atom. The van der Waals surface area contributed by atoms with Crippen LogP contribution in [-0.4, -0.2) is 50.4 Å². The van der Waals surface area contributed by atoms with Crippen molar-refractivity contribution in [2.24, 2.45) is 16.5 Å². The Morgan fingerprint density at radius 2 is 1.91 bits per heavy atom. The summed E-state index contributed by atoms with van der Waals surface area (Å²) in [5.74, 6) is 0.0341. The summed E-state index contributed by atoms with van der Waals surface area (Å²) < 4.78 is 15.5. The molecule has 11 nitrogen and oxygen atoms in total. The Hall–Kier alpha value is -3.96. The predicted octanol–water partition coefficient (Wildman–Crippen LogP) is 1.54. The van der Waals surface area contributed by atoms with Crippen molar-refractivity contribution < 1.29 is 18.7 Å². The molecule has 0 saturated heterocycles. The zero-order chi connectivity index (χ0) is 22.9. The zero-order valence-electron chi connectivity index (χ0n) is 17.5. The lowest BCUT2D eigenvalue weighted by Crippen LogP contribution is -2.31. The van der Waals surface area contributed by atoms with Crippen molar-refractivity contribution in [3.63, 3.8) is 0 Å². The lowest BCUT2D eigenvalue weighted by molar-refractivity contribution is 0.0728. The maximum atomic E-state index is 12.3. The van der Waals surface area contributed by atoms with E-state index in [1.165, 1.54) is 0 Å². The van der Waals surface area contributed by atoms with Crippen molar-refractivity contribution in [1.82, 2.24) is 10.3 Å². The fourth-order valence-electron chi connectivity index (χ4n) is 2.75. The Bertz CT molecular complexity index is 1160. The second-order valence-electron chi connectivity index (χ2n) is 6.61. The van der Waals surface area contributed by atoms with Crippen LogP contribution in [0.2, 0.25) is 0 Å². The van der Waals surface area contributed by atoms with Gasteiger partial charge in [-0.05, 0) is 42.5 Å². The number of aromatic nitrogens is 1. The number of nitrogens with zero attached hydrogens (tertiary/aromatic N) is 2. The van der Waals surface area contributed by atoms with Crippen LogP contribution < -0.4 is 27.7 Å². The number of methoxy groups -OCH3 is 1. The zero-order valence-corrected chi connectivity index (χ0v) is 17.5. The molecule has 6 N–H and O–H groups in total. The van der Waals surface area contributed by atoms with E-state index in [0.29, 0.717) is 54.2 Å². The van der Waals surface area contributed by atoms with Crippen LogP contribution >= 0.6 is 0 Å². The van der Waals surface area contributed by atoms with E-state index < -0.39 is 5.63 Å². The highest BCUT2D eigenvalue weighted by molar-refractivity contribution is 5.89. The Morgan fingerprint density at radius 3 is 2.62 bits per heavy atom. The largest absolute Gasteiger partial charge is 0.403 e. The molecule has 0 aliphatic rings. The average molecular weight is 440 g/mol. The van der Waals surface area contributed by atoms with Crippen LogP contribution in [0.5, 0.6) is 0 Å². The molecular formula is C21H24N6O5. The third kappa shape index (κ3) is 6.27. The van der Waals surface area contributed by atoms with Crippen molar-refractivity contribution in [1.29, 1.82) is 0 Å². The number of carbonyl (C=O) groups is 1. The molecule has 0 bridgehead atoms. The van der Waals surface area contributed by atoms with Gasteiger partial charge in [-0.1, -0.05) is 0 Å². The van der Waals surface area contributed by atoms with E-state index in [4.69, 9.17) is 25.4 Å². The standard InChI is InChI=1S/C21H24N6O5/c1-30-10-11-31-9-8-24-21(29)26-14-4-2-13(3-5-14)18-27-17-12-15(25-20(22)23)6-7-16(17)19(28)32-18/h2-7,12H,8-11H2,1H3,(H4,22,23,25)(H2,24,26,29). The highest BCUT2D eigenvalue weighted by Gasteiger charge is 2.10. The topological polar surface area (TPSA) is 167 Å². The molecule has 0 aliphatic heterocycles. The van der Waals surface area contributed by atoms with Crippen LogP contribution in [0, 0.1) is 0 Å². The van der Waals surface area contributed by atoms with Gasteiger partial charge in [-0.2, -0.15) is 0 Å². The van der Waals surface area contributed by atoms with Gasteiger partial charge in [0.25, 0.3) is 0 Å². The minimum Gasteiger partial charge on any atom is -0.403 e. The second-order valence-corrected chi connectivity index (χ2v) is 6.61. The molecule has 0 fully saturated rings. The van der Waals surface area contributed by atoms with E-state index in [1.807, 2.05) is 0 Å². The molecule has 168 valence electrons. The first-order valence-electron chi connectivity index (χ1n) is 9.73. The highest BCUT2D eigenvalue weighted by atomic mass is 16.5. The minimum atomic E-state index is -0.532. The first-order valence-corrected chi connectivity index (χ1v) is 9.73. The number of anilines is 1. The quantitative estimate of drug-likeness (QED) is 0.221. The summed E-state index contributed by atoms with van der Waals surface area (Å²) in [7, 11) is 1.59. The average Bonchev–Trinajstić information content (AvgIpc) is 2.76. The van der Waals surface area contributed by atoms with Gasteiger partial charge in [0.05, 0.1) is 36.4 Å². The van der Waals surface area contributed by atoms with Gasteiger partial charge < -0.3 is 36.0 Å². The maximum Gasteiger partial charge on any atom is 0.347 e. The Labute approximate surface area is 183 Å². The molecule has 0 spiro atoms. The van der Waals surface area contributed by atoms with Crippen molar-refractivity contribution in [3.05, 3.63) is 52.9 Å². The van der Waals surface area contributed by atoms with E-state index in [2.05, 4.69) is 20.6 Å². The fourth-order valence-corrected chi connectivity index (χ4v) is 2.75. The number of hydrogen-bond acceptors (Lipinski definition) is 7. The molecule has 0 unspecified atom stereocenters. The van der Waals surface area contributed by atoms with Crippen molar-refractivity contribution in [2.75, 3.05) is 38.8 Å². The molecule has 3 aromatic rings. The van der Waals surface area contributed by atoms with E-state index >= 15 is 0 Å². The summed E-state index contributed by atoms with van der Waals surface area (Å²) >= 11 is 0. The first-order chi connectivity index (χ1) is 15.5. The summed E-state index contributed by atoms with van der Waals surface area (Å²) in [6.07, 6.45) is 0. The van der Waals surface area contributed by atoms with Crippen molar-refractivity contribution in [3.8, 4) is 11.5 Å². The number of nitrogens with two attached hydrogens (primary N) is 2. The molecule has 0 radical (unpaired) electrons. The predicted molar refractivity (Wildman–Crippen MR) is 121 cm³/mol. The van der Waals surface area contributed by atoms with Gasteiger partial charge in [-0.15, -0.1) is 0 Å². The highest BCUT2D eigenvalue weighted by Crippen LogP contribution is 2.23. The first kappa shape index (κ1) is 22.7. The number of hydrogen-bond donors (Lipinski definition) is 4. The lowest BCUT2D eigenvalue weighted by Gasteiger charge is -2.09. The molecule has 1 aromatic heterocycles. The number of rotatable bonds is 9. The smallest absolute Gasteiger partial charge is 0.347 e. The van der Waals surface area contributed by atoms with Crippen LogP contribution in [0.4, 0.5) is 16.2 Å². The van der Waals surface area contributed by atoms with Gasteiger partial charge >= 0.3 is 11.7 Å². The van der Waals surface area contributed by atoms with Crippen LogP contribution in [0.1, 0.15) is 0 Å². The number of benzene rings is 2. The van der Waals surface area contributed by atoms with Crippen molar-refractivity contribution in [2.45, 2.75) is 0 Å². The van der Waals surface area contributed by atoms with E-state index in [-0.39, 0.29) is 17.9 Å². The van der Waals surface area contributed by atoms with Gasteiger partial charge in [0.2, 0.25) is 5.89 Å². The molecular weight excluding hydrogens is 416 g/mol. The van der Waals surface area contributed by atoms with Gasteiger partial charge in [-0.3, -0.25) is 0 Å². The number of urea groups is 1. The number of amides is 2. The summed E-state index contributed by atoms with van der Waals surface area (Å²) in [4.78, 5) is 32.6. The second kappa shape index (κ2) is 10.9. The molecule has 0 atom stereocenters. The third-order valence-corrected chi connectivity index (χ3v) is 4.22. The number of nitrogens with one attached hydrogen (secondary N) is 2. The molecule has 2 aromatic carbocycles. The summed E-state index contributed by atoms with van der Waals surface area (Å²) in [5, 5.41) is 5.70. The minimum absolute atomic E-state index is 0.0988. The Kier molecular flexibility index (Phi) is 7.73. The molecule has 11 heteroatoms. The molecule has 1 heterocycles. The van der Waals surface area contributed by atoms with Crippen LogP contribution in [-0.2, 0) is 9.47 Å².